The maximum absolute atomic E-state index is 11.2. The quantitative estimate of drug-likeness (QED) is 0.620. The number of benzene rings is 1. The van der Waals surface area contributed by atoms with Crippen LogP contribution in [-0.4, -0.2) is 18.9 Å². The van der Waals surface area contributed by atoms with Crippen LogP contribution in [0.1, 0.15) is 28.2 Å². The minimum Gasteiger partial charge on any atom is -0.465 e. The van der Waals surface area contributed by atoms with Gasteiger partial charge in [-0.15, -0.1) is 11.6 Å². The molecule has 3 nitrogen and oxygen atoms in total. The first-order chi connectivity index (χ1) is 7.47. The Morgan fingerprint density at radius 3 is 2.44 bits per heavy atom. The third-order valence-corrected chi connectivity index (χ3v) is 2.92. The van der Waals surface area contributed by atoms with Gasteiger partial charge in [0.25, 0.3) is 0 Å². The van der Waals surface area contributed by atoms with Crippen molar-refractivity contribution in [2.24, 2.45) is 0 Å². The third-order valence-electron chi connectivity index (χ3n) is 2.05. The molecule has 1 aromatic carbocycles. The summed E-state index contributed by atoms with van der Waals surface area (Å²) in [6, 6.07) is 4.56. The molecule has 86 valence electrons. The summed E-state index contributed by atoms with van der Waals surface area (Å²) in [7, 11) is 1.27. The Kier molecular flexibility index (Phi) is 4.33. The Hall–Kier alpha value is -1.06. The van der Waals surface area contributed by atoms with Crippen molar-refractivity contribution in [3.8, 4) is 0 Å². The van der Waals surface area contributed by atoms with Crippen molar-refractivity contribution in [3.05, 3.63) is 34.3 Å². The molecule has 0 N–H and O–H groups in total. The van der Waals surface area contributed by atoms with Crippen LogP contribution in [-0.2, 0) is 9.53 Å². The van der Waals surface area contributed by atoms with Crippen molar-refractivity contribution in [2.45, 2.75) is 12.3 Å². The summed E-state index contributed by atoms with van der Waals surface area (Å²) in [4.78, 5) is 22.3. The number of hydrogen-bond acceptors (Lipinski definition) is 3. The lowest BCUT2D eigenvalue weighted by Gasteiger charge is -2.08. The fourth-order valence-electron chi connectivity index (χ4n) is 1.20. The van der Waals surface area contributed by atoms with Crippen LogP contribution in [0.25, 0.3) is 0 Å². The van der Waals surface area contributed by atoms with Crippen LogP contribution in [0.2, 0.25) is 5.02 Å². The van der Waals surface area contributed by atoms with E-state index in [1.807, 2.05) is 0 Å². The summed E-state index contributed by atoms with van der Waals surface area (Å²) in [6.45, 7) is 1.39. The van der Waals surface area contributed by atoms with E-state index in [1.54, 1.807) is 6.07 Å². The van der Waals surface area contributed by atoms with Gasteiger partial charge in [0.05, 0.1) is 17.7 Å². The van der Waals surface area contributed by atoms with Gasteiger partial charge in [-0.3, -0.25) is 4.79 Å². The van der Waals surface area contributed by atoms with E-state index in [0.29, 0.717) is 5.56 Å². The SMILES string of the molecule is COC(=O)c1ccc(C(Cl)C(C)=O)cc1Cl. The van der Waals surface area contributed by atoms with Crippen molar-refractivity contribution in [1.82, 2.24) is 0 Å². The fourth-order valence-corrected chi connectivity index (χ4v) is 1.60. The van der Waals surface area contributed by atoms with E-state index in [9.17, 15) is 9.59 Å². The normalized spacial score (nSPS) is 12.0. The molecule has 0 spiro atoms. The van der Waals surface area contributed by atoms with Crippen molar-refractivity contribution >= 4 is 35.0 Å². The molecular formula is C11H10Cl2O3. The van der Waals surface area contributed by atoms with Crippen LogP contribution in [0.3, 0.4) is 0 Å². The molecule has 0 aliphatic heterocycles. The van der Waals surface area contributed by atoms with Gasteiger partial charge in [0.1, 0.15) is 5.38 Å². The Morgan fingerprint density at radius 2 is 2.00 bits per heavy atom. The zero-order chi connectivity index (χ0) is 12.3. The molecule has 0 fully saturated rings. The summed E-state index contributed by atoms with van der Waals surface area (Å²) in [5.41, 5.74) is 0.812. The van der Waals surface area contributed by atoms with Gasteiger partial charge in [0, 0.05) is 0 Å². The molecule has 0 aliphatic rings. The highest BCUT2D eigenvalue weighted by Crippen LogP contribution is 2.26. The van der Waals surface area contributed by atoms with Crippen LogP contribution in [0.5, 0.6) is 0 Å². The molecule has 0 radical (unpaired) electrons. The highest BCUT2D eigenvalue weighted by atomic mass is 35.5. The molecule has 0 saturated heterocycles. The monoisotopic (exact) mass is 260 g/mol. The van der Waals surface area contributed by atoms with Gasteiger partial charge < -0.3 is 4.74 Å². The van der Waals surface area contributed by atoms with Gasteiger partial charge in [0.2, 0.25) is 0 Å². The molecule has 1 aromatic rings. The summed E-state index contributed by atoms with van der Waals surface area (Å²) in [6.07, 6.45) is 0. The van der Waals surface area contributed by atoms with Crippen LogP contribution in [0, 0.1) is 0 Å². The van der Waals surface area contributed by atoms with Crippen LogP contribution >= 0.6 is 23.2 Å². The van der Waals surface area contributed by atoms with Gasteiger partial charge in [0.15, 0.2) is 5.78 Å². The number of ether oxygens (including phenoxy) is 1. The van der Waals surface area contributed by atoms with Crippen molar-refractivity contribution in [3.63, 3.8) is 0 Å². The molecule has 0 saturated carbocycles. The minimum absolute atomic E-state index is 0.177. The first-order valence-electron chi connectivity index (χ1n) is 4.49. The predicted octanol–water partition coefficient (Wildman–Crippen LogP) is 3.00. The molecule has 0 bridgehead atoms. The maximum atomic E-state index is 11.2. The fraction of sp³-hybridized carbons (Fsp3) is 0.273. The maximum Gasteiger partial charge on any atom is 0.339 e. The Morgan fingerprint density at radius 1 is 1.38 bits per heavy atom. The van der Waals surface area contributed by atoms with E-state index in [-0.39, 0.29) is 16.4 Å². The molecule has 0 aliphatic carbocycles. The molecule has 0 aromatic heterocycles. The van der Waals surface area contributed by atoms with Crippen molar-refractivity contribution in [2.75, 3.05) is 7.11 Å². The number of methoxy groups -OCH3 is 1. The van der Waals surface area contributed by atoms with Crippen LogP contribution < -0.4 is 0 Å². The third kappa shape index (κ3) is 2.74. The number of carbonyl (C=O) groups excluding carboxylic acids is 2. The number of hydrogen-bond donors (Lipinski definition) is 0. The standard InChI is InChI=1S/C11H10Cl2O3/c1-6(14)10(13)7-3-4-8(9(12)5-7)11(15)16-2/h3-5,10H,1-2H3. The first-order valence-corrected chi connectivity index (χ1v) is 5.31. The van der Waals surface area contributed by atoms with Gasteiger partial charge >= 0.3 is 5.97 Å². The minimum atomic E-state index is -0.746. The van der Waals surface area contributed by atoms with E-state index in [0.717, 1.165) is 0 Å². The molecule has 0 heterocycles. The molecule has 1 unspecified atom stereocenters. The molecular weight excluding hydrogens is 251 g/mol. The second-order valence-electron chi connectivity index (χ2n) is 3.20. The van der Waals surface area contributed by atoms with E-state index in [1.165, 1.54) is 26.2 Å². The Bertz CT molecular complexity index is 429. The average Bonchev–Trinajstić information content (AvgIpc) is 2.26. The number of esters is 1. The number of rotatable bonds is 3. The zero-order valence-electron chi connectivity index (χ0n) is 8.79. The van der Waals surface area contributed by atoms with Crippen LogP contribution in [0.15, 0.2) is 18.2 Å². The Labute approximate surface area is 103 Å². The number of Topliss-reactive ketones (excluding diaryl/α,β-unsaturated/α-hetero) is 1. The van der Waals surface area contributed by atoms with E-state index < -0.39 is 11.3 Å². The topological polar surface area (TPSA) is 43.4 Å². The molecule has 1 atom stereocenters. The number of carbonyl (C=O) groups is 2. The molecule has 16 heavy (non-hydrogen) atoms. The van der Waals surface area contributed by atoms with Crippen molar-refractivity contribution in [1.29, 1.82) is 0 Å². The van der Waals surface area contributed by atoms with Gasteiger partial charge in [-0.05, 0) is 24.6 Å². The Balaban J connectivity index is 3.08. The largest absolute Gasteiger partial charge is 0.465 e. The number of alkyl halides is 1. The number of halogens is 2. The van der Waals surface area contributed by atoms with E-state index >= 15 is 0 Å². The second-order valence-corrected chi connectivity index (χ2v) is 4.05. The van der Waals surface area contributed by atoms with Gasteiger partial charge in [-0.25, -0.2) is 4.79 Å². The second kappa shape index (κ2) is 5.32. The lowest BCUT2D eigenvalue weighted by atomic mass is 10.1. The average molecular weight is 261 g/mol. The lowest BCUT2D eigenvalue weighted by molar-refractivity contribution is -0.116. The summed E-state index contributed by atoms with van der Waals surface area (Å²) in [5.74, 6) is -0.700. The number of ketones is 1. The first kappa shape index (κ1) is 13.0. The molecule has 0 amide bonds. The smallest absolute Gasteiger partial charge is 0.339 e. The summed E-state index contributed by atoms with van der Waals surface area (Å²) >= 11 is 11.7. The molecule has 5 heteroatoms. The van der Waals surface area contributed by atoms with Gasteiger partial charge in [-0.2, -0.15) is 0 Å². The zero-order valence-corrected chi connectivity index (χ0v) is 10.3. The summed E-state index contributed by atoms with van der Waals surface area (Å²) in [5, 5.41) is -0.527. The van der Waals surface area contributed by atoms with Gasteiger partial charge in [-0.1, -0.05) is 17.7 Å². The van der Waals surface area contributed by atoms with E-state index in [2.05, 4.69) is 4.74 Å². The van der Waals surface area contributed by atoms with Crippen LogP contribution in [0.4, 0.5) is 0 Å². The molecule has 1 rings (SSSR count). The predicted molar refractivity (Wildman–Crippen MR) is 62.1 cm³/mol. The van der Waals surface area contributed by atoms with Crippen molar-refractivity contribution < 1.29 is 14.3 Å². The lowest BCUT2D eigenvalue weighted by Crippen LogP contribution is -2.05. The highest BCUT2D eigenvalue weighted by molar-refractivity contribution is 6.34. The highest BCUT2D eigenvalue weighted by Gasteiger charge is 2.16. The summed E-state index contributed by atoms with van der Waals surface area (Å²) < 4.78 is 4.54. The van der Waals surface area contributed by atoms with E-state index in [4.69, 9.17) is 23.2 Å².